The predicted molar refractivity (Wildman–Crippen MR) is 137 cm³/mol. The zero-order valence-corrected chi connectivity index (χ0v) is 22.0. The first kappa shape index (κ1) is 26.7. The molecule has 2 aliphatic rings. The van der Waals surface area contributed by atoms with Crippen molar-refractivity contribution < 1.29 is 19.1 Å². The molecule has 10 heteroatoms. The van der Waals surface area contributed by atoms with E-state index in [1.165, 1.54) is 11.3 Å². The van der Waals surface area contributed by atoms with Gasteiger partial charge in [0.2, 0.25) is 0 Å². The summed E-state index contributed by atoms with van der Waals surface area (Å²) in [7, 11) is 0. The van der Waals surface area contributed by atoms with Crippen molar-refractivity contribution in [2.75, 3.05) is 45.9 Å². The molecule has 1 aromatic rings. The Morgan fingerprint density at radius 2 is 2.06 bits per heavy atom. The Balaban J connectivity index is 1.90. The average Bonchev–Trinajstić information content (AvgIpc) is 3.21. The Morgan fingerprint density at radius 3 is 2.69 bits per heavy atom. The number of carbonyl (C=O) groups excluding carboxylic acids is 3. The lowest BCUT2D eigenvalue weighted by Crippen LogP contribution is -2.51. The van der Waals surface area contributed by atoms with Gasteiger partial charge in [-0.2, -0.15) is 11.3 Å². The van der Waals surface area contributed by atoms with Gasteiger partial charge in [0.15, 0.2) is 0 Å². The first-order valence-corrected chi connectivity index (χ1v) is 13.0. The monoisotopic (exact) mass is 503 g/mol. The number of hydrogen-bond acceptors (Lipinski definition) is 6. The summed E-state index contributed by atoms with van der Waals surface area (Å²) >= 11 is 1.51. The molecule has 4 amide bonds. The molecule has 3 heterocycles. The third kappa shape index (κ3) is 6.85. The fourth-order valence-corrected chi connectivity index (χ4v) is 4.96. The zero-order chi connectivity index (χ0) is 25.6. The van der Waals surface area contributed by atoms with E-state index in [9.17, 15) is 14.4 Å². The molecule has 1 fully saturated rings. The van der Waals surface area contributed by atoms with Gasteiger partial charge >= 0.3 is 18.0 Å². The molecule has 0 aromatic carbocycles. The van der Waals surface area contributed by atoms with Crippen molar-refractivity contribution in [3.05, 3.63) is 46.3 Å². The lowest BCUT2D eigenvalue weighted by molar-refractivity contribution is -0.139. The number of nitrogens with zero attached hydrogens (tertiary/aromatic N) is 3. The quantitative estimate of drug-likeness (QED) is 0.440. The number of thiophene rings is 1. The summed E-state index contributed by atoms with van der Waals surface area (Å²) in [5.41, 5.74) is 1.61. The summed E-state index contributed by atoms with van der Waals surface area (Å²) in [5.74, 6) is -0.436. The third-order valence-electron chi connectivity index (χ3n) is 5.85. The van der Waals surface area contributed by atoms with E-state index in [-0.39, 0.29) is 30.8 Å². The number of rotatable bonds is 7. The SMILES string of the molecule is C=CCN1C(=O)NC(c2ccsc2)C(C(=O)OCC)=C1CN1CCCN(C(=O)NC(C)(C)C)CC1. The van der Waals surface area contributed by atoms with Gasteiger partial charge < -0.3 is 20.3 Å². The van der Waals surface area contributed by atoms with Crippen molar-refractivity contribution in [2.24, 2.45) is 0 Å². The number of amides is 4. The van der Waals surface area contributed by atoms with Crippen molar-refractivity contribution in [1.29, 1.82) is 0 Å². The molecule has 0 spiro atoms. The van der Waals surface area contributed by atoms with E-state index >= 15 is 0 Å². The van der Waals surface area contributed by atoms with Crippen LogP contribution in [-0.2, 0) is 9.53 Å². The number of urea groups is 2. The molecule has 0 aliphatic carbocycles. The second-order valence-corrected chi connectivity index (χ2v) is 10.5. The maximum atomic E-state index is 13.2. The highest BCUT2D eigenvalue weighted by molar-refractivity contribution is 7.08. The van der Waals surface area contributed by atoms with Gasteiger partial charge in [-0.3, -0.25) is 9.80 Å². The molecule has 0 bridgehead atoms. The van der Waals surface area contributed by atoms with Gasteiger partial charge in [0.1, 0.15) is 0 Å². The summed E-state index contributed by atoms with van der Waals surface area (Å²) < 4.78 is 5.43. The fraction of sp³-hybridized carbons (Fsp3) is 0.560. The Labute approximate surface area is 211 Å². The minimum atomic E-state index is -0.579. The van der Waals surface area contributed by atoms with Gasteiger partial charge in [0, 0.05) is 50.5 Å². The molecule has 1 aromatic heterocycles. The topological polar surface area (TPSA) is 94.2 Å². The van der Waals surface area contributed by atoms with Gasteiger partial charge in [-0.1, -0.05) is 6.08 Å². The summed E-state index contributed by atoms with van der Waals surface area (Å²) in [6, 6.07) is 0.983. The predicted octanol–water partition coefficient (Wildman–Crippen LogP) is 3.33. The summed E-state index contributed by atoms with van der Waals surface area (Å²) in [5, 5.41) is 9.86. The Bertz CT molecular complexity index is 954. The first-order valence-electron chi connectivity index (χ1n) is 12.0. The number of carbonyl (C=O) groups is 3. The van der Waals surface area contributed by atoms with Crippen molar-refractivity contribution in [3.63, 3.8) is 0 Å². The van der Waals surface area contributed by atoms with Crippen LogP contribution in [0.2, 0.25) is 0 Å². The van der Waals surface area contributed by atoms with E-state index in [0.29, 0.717) is 37.4 Å². The van der Waals surface area contributed by atoms with Crippen LogP contribution < -0.4 is 10.6 Å². The second-order valence-electron chi connectivity index (χ2n) is 9.72. The van der Waals surface area contributed by atoms with Gasteiger partial charge in [0.25, 0.3) is 0 Å². The second kappa shape index (κ2) is 11.7. The molecule has 1 atom stereocenters. The zero-order valence-electron chi connectivity index (χ0n) is 21.1. The molecule has 1 unspecified atom stereocenters. The van der Waals surface area contributed by atoms with E-state index in [1.807, 2.05) is 42.5 Å². The molecular formula is C25H37N5O4S. The Hall–Kier alpha value is -2.85. The highest BCUT2D eigenvalue weighted by Gasteiger charge is 2.38. The van der Waals surface area contributed by atoms with E-state index in [0.717, 1.165) is 18.5 Å². The number of nitrogens with one attached hydrogen (secondary N) is 2. The minimum absolute atomic E-state index is 0.0753. The van der Waals surface area contributed by atoms with Crippen LogP contribution in [0.25, 0.3) is 0 Å². The first-order chi connectivity index (χ1) is 16.6. The number of hydrogen-bond donors (Lipinski definition) is 2. The van der Waals surface area contributed by atoms with Crippen LogP contribution in [0.5, 0.6) is 0 Å². The van der Waals surface area contributed by atoms with Crippen molar-refractivity contribution >= 4 is 29.4 Å². The van der Waals surface area contributed by atoms with Gasteiger partial charge in [-0.25, -0.2) is 14.4 Å². The van der Waals surface area contributed by atoms with E-state index in [1.54, 1.807) is 17.9 Å². The van der Waals surface area contributed by atoms with Crippen LogP contribution >= 0.6 is 11.3 Å². The summed E-state index contributed by atoms with van der Waals surface area (Å²) in [6.07, 6.45) is 2.44. The van der Waals surface area contributed by atoms with Crippen LogP contribution in [0.3, 0.4) is 0 Å². The molecule has 3 rings (SSSR count). The van der Waals surface area contributed by atoms with Crippen molar-refractivity contribution in [1.82, 2.24) is 25.3 Å². The maximum absolute atomic E-state index is 13.2. The van der Waals surface area contributed by atoms with Gasteiger partial charge in [-0.15, -0.1) is 6.58 Å². The smallest absolute Gasteiger partial charge is 0.338 e. The van der Waals surface area contributed by atoms with E-state index in [2.05, 4.69) is 22.1 Å². The largest absolute Gasteiger partial charge is 0.463 e. The maximum Gasteiger partial charge on any atom is 0.338 e. The lowest BCUT2D eigenvalue weighted by atomic mass is 9.96. The normalized spacial score (nSPS) is 19.8. The standard InChI is InChI=1S/C25H37N5O4S/c1-6-10-30-19(16-28-11-8-12-29(14-13-28)24(33)27-25(3,4)5)20(22(31)34-7-2)21(26-23(30)32)18-9-15-35-17-18/h6,9,15,17,21H,1,7-8,10-14,16H2,2-5H3,(H,26,32)(H,27,33). The summed E-state index contributed by atoms with van der Waals surface area (Å²) in [4.78, 5) is 44.6. The number of ether oxygens (including phenoxy) is 1. The van der Waals surface area contributed by atoms with Crippen LogP contribution in [-0.4, -0.2) is 84.1 Å². The molecule has 0 saturated carbocycles. The molecular weight excluding hydrogens is 466 g/mol. The Kier molecular flexibility index (Phi) is 8.96. The van der Waals surface area contributed by atoms with Crippen molar-refractivity contribution in [2.45, 2.75) is 45.7 Å². The highest BCUT2D eigenvalue weighted by Crippen LogP contribution is 2.33. The van der Waals surface area contributed by atoms with Crippen LogP contribution in [0.4, 0.5) is 9.59 Å². The summed E-state index contributed by atoms with van der Waals surface area (Å²) in [6.45, 7) is 14.9. The van der Waals surface area contributed by atoms with E-state index in [4.69, 9.17) is 4.74 Å². The average molecular weight is 504 g/mol. The lowest BCUT2D eigenvalue weighted by Gasteiger charge is -2.37. The fourth-order valence-electron chi connectivity index (χ4n) is 4.28. The Morgan fingerprint density at radius 1 is 1.29 bits per heavy atom. The highest BCUT2D eigenvalue weighted by atomic mass is 32.1. The molecule has 192 valence electrons. The molecule has 35 heavy (non-hydrogen) atoms. The van der Waals surface area contributed by atoms with Crippen LogP contribution in [0.15, 0.2) is 40.8 Å². The van der Waals surface area contributed by atoms with Gasteiger partial charge in [0.05, 0.1) is 18.2 Å². The van der Waals surface area contributed by atoms with Crippen molar-refractivity contribution in [3.8, 4) is 0 Å². The number of esters is 1. The molecule has 0 radical (unpaired) electrons. The van der Waals surface area contributed by atoms with Crippen LogP contribution in [0.1, 0.15) is 45.7 Å². The molecule has 2 N–H and O–H groups in total. The van der Waals surface area contributed by atoms with E-state index < -0.39 is 12.0 Å². The molecule has 9 nitrogen and oxygen atoms in total. The van der Waals surface area contributed by atoms with Gasteiger partial charge in [-0.05, 0) is 56.5 Å². The van der Waals surface area contributed by atoms with Crippen LogP contribution in [0, 0.1) is 0 Å². The molecule has 2 aliphatic heterocycles. The molecule has 1 saturated heterocycles. The minimum Gasteiger partial charge on any atom is -0.463 e. The third-order valence-corrected chi connectivity index (χ3v) is 6.55.